The molecular formula is C16H13ClN2O. The second-order valence-corrected chi connectivity index (χ2v) is 4.79. The molecule has 2 N–H and O–H groups in total. The van der Waals surface area contributed by atoms with E-state index in [1.54, 1.807) is 12.1 Å². The molecule has 0 unspecified atom stereocenters. The largest absolute Gasteiger partial charge is 0.437 e. The van der Waals surface area contributed by atoms with Crippen LogP contribution in [-0.2, 0) is 6.54 Å². The van der Waals surface area contributed by atoms with Crippen LogP contribution in [-0.4, -0.2) is 4.98 Å². The monoisotopic (exact) mass is 284 g/mol. The van der Waals surface area contributed by atoms with E-state index in [4.69, 9.17) is 22.1 Å². The third-order valence-corrected chi connectivity index (χ3v) is 3.34. The van der Waals surface area contributed by atoms with Gasteiger partial charge in [0.15, 0.2) is 0 Å². The summed E-state index contributed by atoms with van der Waals surface area (Å²) in [5.41, 5.74) is 7.50. The Bertz CT molecular complexity index is 758. The number of fused-ring (bicyclic) bond motifs is 1. The first-order valence-corrected chi connectivity index (χ1v) is 6.67. The first-order chi connectivity index (χ1) is 9.78. The van der Waals surface area contributed by atoms with E-state index in [0.29, 0.717) is 23.2 Å². The predicted octanol–water partition coefficient (Wildman–Crippen LogP) is 4.14. The minimum absolute atomic E-state index is 0.359. The van der Waals surface area contributed by atoms with Crippen LogP contribution in [0.5, 0.6) is 11.6 Å². The van der Waals surface area contributed by atoms with Crippen LogP contribution in [0.15, 0.2) is 54.6 Å². The minimum Gasteiger partial charge on any atom is -0.437 e. The summed E-state index contributed by atoms with van der Waals surface area (Å²) in [5.74, 6) is 1.07. The van der Waals surface area contributed by atoms with Gasteiger partial charge < -0.3 is 10.5 Å². The van der Waals surface area contributed by atoms with Crippen LogP contribution in [0.4, 0.5) is 0 Å². The average Bonchev–Trinajstić information content (AvgIpc) is 2.49. The van der Waals surface area contributed by atoms with Crippen molar-refractivity contribution in [2.75, 3.05) is 0 Å². The second kappa shape index (κ2) is 5.49. The maximum Gasteiger partial charge on any atom is 0.224 e. The maximum atomic E-state index is 6.10. The van der Waals surface area contributed by atoms with Gasteiger partial charge in [-0.3, -0.25) is 0 Å². The van der Waals surface area contributed by atoms with Crippen LogP contribution < -0.4 is 10.5 Å². The van der Waals surface area contributed by atoms with Crippen LogP contribution in [0.3, 0.4) is 0 Å². The van der Waals surface area contributed by atoms with Crippen molar-refractivity contribution in [3.05, 3.63) is 65.2 Å². The summed E-state index contributed by atoms with van der Waals surface area (Å²) in [5, 5.41) is 1.59. The van der Waals surface area contributed by atoms with Crippen molar-refractivity contribution in [3.63, 3.8) is 0 Å². The number of para-hydroxylation sites is 2. The number of halogens is 1. The molecule has 3 nitrogen and oxygen atoms in total. The van der Waals surface area contributed by atoms with Crippen LogP contribution in [0.1, 0.15) is 5.56 Å². The summed E-state index contributed by atoms with van der Waals surface area (Å²) in [4.78, 5) is 4.52. The van der Waals surface area contributed by atoms with Crippen molar-refractivity contribution in [2.24, 2.45) is 5.73 Å². The molecule has 0 saturated heterocycles. The van der Waals surface area contributed by atoms with Crippen molar-refractivity contribution in [1.82, 2.24) is 4.98 Å². The van der Waals surface area contributed by atoms with E-state index in [1.807, 2.05) is 42.5 Å². The van der Waals surface area contributed by atoms with Gasteiger partial charge in [0.05, 0.1) is 10.5 Å². The first-order valence-electron chi connectivity index (χ1n) is 6.29. The normalized spacial score (nSPS) is 10.7. The van der Waals surface area contributed by atoms with Crippen molar-refractivity contribution >= 4 is 22.5 Å². The van der Waals surface area contributed by atoms with Gasteiger partial charge in [-0.2, -0.15) is 0 Å². The molecule has 0 spiro atoms. The molecule has 0 bridgehead atoms. The number of nitrogens with zero attached hydrogens (tertiary/aromatic N) is 1. The van der Waals surface area contributed by atoms with Gasteiger partial charge >= 0.3 is 0 Å². The number of ether oxygens (including phenoxy) is 1. The highest BCUT2D eigenvalue weighted by molar-refractivity contribution is 6.32. The summed E-state index contributed by atoms with van der Waals surface area (Å²) >= 11 is 6.10. The van der Waals surface area contributed by atoms with Gasteiger partial charge in [0, 0.05) is 17.5 Å². The molecule has 3 rings (SSSR count). The molecule has 0 aliphatic heterocycles. The second-order valence-electron chi connectivity index (χ2n) is 4.38. The van der Waals surface area contributed by atoms with Crippen molar-refractivity contribution in [3.8, 4) is 11.6 Å². The molecular weight excluding hydrogens is 272 g/mol. The number of pyridine rings is 1. The third-order valence-electron chi connectivity index (χ3n) is 3.03. The molecule has 1 heterocycles. The van der Waals surface area contributed by atoms with Crippen LogP contribution in [0.25, 0.3) is 10.9 Å². The number of rotatable bonds is 3. The Morgan fingerprint density at radius 1 is 1.05 bits per heavy atom. The molecule has 0 radical (unpaired) electrons. The zero-order chi connectivity index (χ0) is 13.9. The summed E-state index contributed by atoms with van der Waals surface area (Å²) in [7, 11) is 0. The minimum atomic E-state index is 0.359. The van der Waals surface area contributed by atoms with Crippen LogP contribution in [0, 0.1) is 0 Å². The van der Waals surface area contributed by atoms with Gasteiger partial charge in [-0.05, 0) is 24.3 Å². The highest BCUT2D eigenvalue weighted by Crippen LogP contribution is 2.31. The zero-order valence-corrected chi connectivity index (χ0v) is 11.5. The Morgan fingerprint density at radius 3 is 2.60 bits per heavy atom. The third kappa shape index (κ3) is 2.46. The van der Waals surface area contributed by atoms with Crippen molar-refractivity contribution in [1.29, 1.82) is 0 Å². The summed E-state index contributed by atoms with van der Waals surface area (Å²) in [6.07, 6.45) is 0. The first kappa shape index (κ1) is 12.9. The summed E-state index contributed by atoms with van der Waals surface area (Å²) < 4.78 is 5.82. The van der Waals surface area contributed by atoms with Gasteiger partial charge in [-0.25, -0.2) is 4.98 Å². The van der Waals surface area contributed by atoms with Gasteiger partial charge in [-0.15, -0.1) is 0 Å². The molecule has 0 aliphatic carbocycles. The molecule has 0 atom stereocenters. The number of benzene rings is 2. The Labute approximate surface area is 122 Å². The fourth-order valence-corrected chi connectivity index (χ4v) is 2.18. The van der Waals surface area contributed by atoms with E-state index in [2.05, 4.69) is 4.98 Å². The van der Waals surface area contributed by atoms with E-state index in [1.165, 1.54) is 0 Å². The quantitative estimate of drug-likeness (QED) is 0.786. The Kier molecular flexibility index (Phi) is 3.54. The molecule has 4 heteroatoms. The molecule has 100 valence electrons. The topological polar surface area (TPSA) is 48.1 Å². The fourth-order valence-electron chi connectivity index (χ4n) is 2.01. The highest BCUT2D eigenvalue weighted by atomic mass is 35.5. The lowest BCUT2D eigenvalue weighted by molar-refractivity contribution is 0.459. The molecule has 0 saturated carbocycles. The standard InChI is InChI=1S/C16H13ClN2O/c17-13-6-2-4-8-15(13)20-16-12(10-18)9-11-5-1-3-7-14(11)19-16/h1-9H,10,18H2. The van der Waals surface area contributed by atoms with E-state index in [-0.39, 0.29) is 0 Å². The highest BCUT2D eigenvalue weighted by Gasteiger charge is 2.09. The van der Waals surface area contributed by atoms with Gasteiger partial charge in [0.2, 0.25) is 5.88 Å². The summed E-state index contributed by atoms with van der Waals surface area (Å²) in [6, 6.07) is 17.1. The van der Waals surface area contributed by atoms with E-state index >= 15 is 0 Å². The molecule has 1 aromatic heterocycles. The summed E-state index contributed by atoms with van der Waals surface area (Å²) in [6.45, 7) is 0.359. The molecule has 3 aromatic rings. The average molecular weight is 285 g/mol. The van der Waals surface area contributed by atoms with Crippen molar-refractivity contribution < 1.29 is 4.74 Å². The molecule has 0 aliphatic rings. The number of aromatic nitrogens is 1. The molecule has 0 amide bonds. The Hall–Kier alpha value is -2.10. The van der Waals surface area contributed by atoms with Gasteiger partial charge in [0.1, 0.15) is 5.75 Å². The Balaban J connectivity index is 2.08. The SMILES string of the molecule is NCc1cc2ccccc2nc1Oc1ccccc1Cl. The molecule has 20 heavy (non-hydrogen) atoms. The maximum absolute atomic E-state index is 6.10. The van der Waals surface area contributed by atoms with Crippen LogP contribution in [0.2, 0.25) is 5.02 Å². The van der Waals surface area contributed by atoms with Crippen LogP contribution >= 0.6 is 11.6 Å². The fraction of sp³-hybridized carbons (Fsp3) is 0.0625. The van der Waals surface area contributed by atoms with Crippen molar-refractivity contribution in [2.45, 2.75) is 6.54 Å². The molecule has 0 fully saturated rings. The number of hydrogen-bond acceptors (Lipinski definition) is 3. The number of nitrogens with two attached hydrogens (primary N) is 1. The molecule has 2 aromatic carbocycles. The smallest absolute Gasteiger partial charge is 0.224 e. The van der Waals surface area contributed by atoms with Gasteiger partial charge in [-0.1, -0.05) is 41.9 Å². The predicted molar refractivity (Wildman–Crippen MR) is 81.2 cm³/mol. The Morgan fingerprint density at radius 2 is 1.80 bits per heavy atom. The van der Waals surface area contributed by atoms with E-state index in [0.717, 1.165) is 16.5 Å². The van der Waals surface area contributed by atoms with E-state index in [9.17, 15) is 0 Å². The number of hydrogen-bond donors (Lipinski definition) is 1. The lowest BCUT2D eigenvalue weighted by Crippen LogP contribution is -2.02. The van der Waals surface area contributed by atoms with Gasteiger partial charge in [0.25, 0.3) is 0 Å². The zero-order valence-electron chi connectivity index (χ0n) is 10.7. The lowest BCUT2D eigenvalue weighted by Gasteiger charge is -2.11. The lowest BCUT2D eigenvalue weighted by atomic mass is 10.1. The van der Waals surface area contributed by atoms with E-state index < -0.39 is 0 Å².